The summed E-state index contributed by atoms with van der Waals surface area (Å²) in [4.78, 5) is 12.2. The highest BCUT2D eigenvalue weighted by Gasteiger charge is 2.44. The highest BCUT2D eigenvalue weighted by Crippen LogP contribution is 2.31. The van der Waals surface area contributed by atoms with Gasteiger partial charge in [0.25, 0.3) is 0 Å². The van der Waals surface area contributed by atoms with Crippen LogP contribution in [0.3, 0.4) is 0 Å². The van der Waals surface area contributed by atoms with Crippen LogP contribution in [0.15, 0.2) is 18.2 Å². The van der Waals surface area contributed by atoms with Crippen molar-refractivity contribution in [1.29, 1.82) is 0 Å². The van der Waals surface area contributed by atoms with Crippen molar-refractivity contribution in [2.24, 2.45) is 11.1 Å². The van der Waals surface area contributed by atoms with Crippen LogP contribution in [0.2, 0.25) is 0 Å². The Morgan fingerprint density at radius 2 is 2.28 bits per heavy atom. The summed E-state index contributed by atoms with van der Waals surface area (Å²) in [6, 6.07) is 4.23. The molecule has 98 valence electrons. The van der Waals surface area contributed by atoms with Gasteiger partial charge in [0, 0.05) is 12.1 Å². The van der Waals surface area contributed by atoms with Crippen LogP contribution in [0.1, 0.15) is 17.3 Å². The lowest BCUT2D eigenvalue weighted by Gasteiger charge is -2.38. The SMILES string of the molecule is CCOc1ccc(C(=O)C2(CN)COC2)cc1F. The van der Waals surface area contributed by atoms with Crippen LogP contribution >= 0.6 is 0 Å². The van der Waals surface area contributed by atoms with Gasteiger partial charge in [0.15, 0.2) is 17.3 Å². The summed E-state index contributed by atoms with van der Waals surface area (Å²) < 4.78 is 23.8. The Balaban J connectivity index is 2.23. The molecule has 0 bridgehead atoms. The van der Waals surface area contributed by atoms with Crippen LogP contribution in [0.5, 0.6) is 5.75 Å². The first-order chi connectivity index (χ1) is 8.63. The zero-order valence-electron chi connectivity index (χ0n) is 10.2. The molecule has 18 heavy (non-hydrogen) atoms. The van der Waals surface area contributed by atoms with Crippen LogP contribution < -0.4 is 10.5 Å². The minimum atomic E-state index is -0.681. The average molecular weight is 253 g/mol. The van der Waals surface area contributed by atoms with Crippen molar-refractivity contribution in [3.8, 4) is 5.75 Å². The van der Waals surface area contributed by atoms with Crippen LogP contribution in [-0.2, 0) is 4.74 Å². The molecule has 0 aliphatic carbocycles. The maximum Gasteiger partial charge on any atom is 0.175 e. The minimum absolute atomic E-state index is 0.153. The Labute approximate surface area is 105 Å². The zero-order valence-corrected chi connectivity index (χ0v) is 10.2. The molecule has 0 spiro atoms. The molecular weight excluding hydrogens is 237 g/mol. The molecule has 1 aromatic rings. The minimum Gasteiger partial charge on any atom is -0.491 e. The largest absolute Gasteiger partial charge is 0.491 e. The van der Waals surface area contributed by atoms with Crippen LogP contribution in [0, 0.1) is 11.2 Å². The Kier molecular flexibility index (Phi) is 3.63. The lowest BCUT2D eigenvalue weighted by molar-refractivity contribution is -0.0816. The number of rotatable bonds is 5. The Morgan fingerprint density at radius 3 is 2.72 bits per heavy atom. The van der Waals surface area contributed by atoms with E-state index in [0.29, 0.717) is 25.4 Å². The molecule has 0 amide bonds. The second-order valence-corrected chi connectivity index (χ2v) is 4.38. The van der Waals surface area contributed by atoms with Gasteiger partial charge in [-0.1, -0.05) is 0 Å². The molecule has 5 heteroatoms. The van der Waals surface area contributed by atoms with Crippen LogP contribution in [-0.4, -0.2) is 32.1 Å². The molecule has 1 aliphatic heterocycles. The third kappa shape index (κ3) is 2.11. The van der Waals surface area contributed by atoms with Gasteiger partial charge >= 0.3 is 0 Å². The van der Waals surface area contributed by atoms with Gasteiger partial charge in [0.05, 0.1) is 25.2 Å². The van der Waals surface area contributed by atoms with Crippen molar-refractivity contribution in [2.45, 2.75) is 6.92 Å². The van der Waals surface area contributed by atoms with Gasteiger partial charge < -0.3 is 15.2 Å². The summed E-state index contributed by atoms with van der Waals surface area (Å²) in [7, 11) is 0. The number of hydrogen-bond donors (Lipinski definition) is 1. The fraction of sp³-hybridized carbons (Fsp3) is 0.462. The van der Waals surface area contributed by atoms with Gasteiger partial charge in [-0.15, -0.1) is 0 Å². The number of Topliss-reactive ketones (excluding diaryl/α,β-unsaturated/α-hetero) is 1. The molecule has 1 saturated heterocycles. The van der Waals surface area contributed by atoms with Gasteiger partial charge in [-0.25, -0.2) is 4.39 Å². The van der Waals surface area contributed by atoms with Gasteiger partial charge in [0.2, 0.25) is 0 Å². The van der Waals surface area contributed by atoms with E-state index >= 15 is 0 Å². The van der Waals surface area contributed by atoms with Gasteiger partial charge in [-0.05, 0) is 25.1 Å². The monoisotopic (exact) mass is 253 g/mol. The maximum atomic E-state index is 13.7. The van der Waals surface area contributed by atoms with E-state index in [1.807, 2.05) is 0 Å². The first-order valence-corrected chi connectivity index (χ1v) is 5.88. The second-order valence-electron chi connectivity index (χ2n) is 4.38. The molecule has 0 saturated carbocycles. The smallest absolute Gasteiger partial charge is 0.175 e. The molecule has 0 radical (unpaired) electrons. The quantitative estimate of drug-likeness (QED) is 0.805. The molecule has 4 nitrogen and oxygen atoms in total. The van der Waals surface area contributed by atoms with E-state index in [-0.39, 0.29) is 18.1 Å². The number of carbonyl (C=O) groups is 1. The molecule has 0 unspecified atom stereocenters. The van der Waals surface area contributed by atoms with Crippen molar-refractivity contribution >= 4 is 5.78 Å². The van der Waals surface area contributed by atoms with Gasteiger partial charge in [-0.3, -0.25) is 4.79 Å². The highest BCUT2D eigenvalue weighted by atomic mass is 19.1. The second kappa shape index (κ2) is 5.04. The van der Waals surface area contributed by atoms with E-state index in [1.54, 1.807) is 13.0 Å². The Hall–Kier alpha value is -1.46. The van der Waals surface area contributed by atoms with E-state index in [1.165, 1.54) is 12.1 Å². The first-order valence-electron chi connectivity index (χ1n) is 5.88. The van der Waals surface area contributed by atoms with Crippen molar-refractivity contribution in [3.05, 3.63) is 29.6 Å². The van der Waals surface area contributed by atoms with Crippen molar-refractivity contribution in [2.75, 3.05) is 26.4 Å². The van der Waals surface area contributed by atoms with E-state index in [9.17, 15) is 9.18 Å². The number of nitrogens with two attached hydrogens (primary N) is 1. The van der Waals surface area contributed by atoms with Crippen molar-refractivity contribution in [3.63, 3.8) is 0 Å². The average Bonchev–Trinajstić information content (AvgIpc) is 2.31. The molecule has 2 rings (SSSR count). The summed E-state index contributed by atoms with van der Waals surface area (Å²) in [5.41, 5.74) is 5.23. The fourth-order valence-electron chi connectivity index (χ4n) is 1.91. The molecular formula is C13H16FNO3. The fourth-order valence-corrected chi connectivity index (χ4v) is 1.91. The normalized spacial score (nSPS) is 17.1. The Bertz CT molecular complexity index is 452. The summed E-state index contributed by atoms with van der Waals surface area (Å²) in [6.07, 6.45) is 0. The summed E-state index contributed by atoms with van der Waals surface area (Å²) >= 11 is 0. The highest BCUT2D eigenvalue weighted by molar-refractivity contribution is 6.01. The van der Waals surface area contributed by atoms with Crippen LogP contribution in [0.25, 0.3) is 0 Å². The number of hydrogen-bond acceptors (Lipinski definition) is 4. The van der Waals surface area contributed by atoms with Gasteiger partial charge in [0.1, 0.15) is 0 Å². The number of benzene rings is 1. The van der Waals surface area contributed by atoms with E-state index < -0.39 is 11.2 Å². The maximum absolute atomic E-state index is 13.7. The molecule has 0 aromatic heterocycles. The standard InChI is InChI=1S/C13H16FNO3/c1-2-18-11-4-3-9(5-10(11)14)12(16)13(6-15)7-17-8-13/h3-5H,2,6-8,15H2,1H3. The van der Waals surface area contributed by atoms with E-state index in [4.69, 9.17) is 15.2 Å². The first kappa shape index (κ1) is 13.0. The molecule has 2 N–H and O–H groups in total. The van der Waals surface area contributed by atoms with E-state index in [0.717, 1.165) is 0 Å². The molecule has 0 atom stereocenters. The topological polar surface area (TPSA) is 61.5 Å². The predicted octanol–water partition coefficient (Wildman–Crippen LogP) is 1.38. The van der Waals surface area contributed by atoms with Crippen molar-refractivity contribution < 1.29 is 18.7 Å². The predicted molar refractivity (Wildman–Crippen MR) is 64.2 cm³/mol. The summed E-state index contributed by atoms with van der Waals surface area (Å²) in [5, 5.41) is 0. The molecule has 1 aliphatic rings. The van der Waals surface area contributed by atoms with Crippen molar-refractivity contribution in [1.82, 2.24) is 0 Å². The summed E-state index contributed by atoms with van der Waals surface area (Å²) in [6.45, 7) is 2.97. The molecule has 1 fully saturated rings. The van der Waals surface area contributed by atoms with Crippen LogP contribution in [0.4, 0.5) is 4.39 Å². The lowest BCUT2D eigenvalue weighted by Crippen LogP contribution is -2.54. The Morgan fingerprint density at radius 1 is 1.56 bits per heavy atom. The number of ether oxygens (including phenoxy) is 2. The summed E-state index contributed by atoms with van der Waals surface area (Å²) in [5.74, 6) is -0.547. The molecule has 1 aromatic carbocycles. The third-order valence-corrected chi connectivity index (χ3v) is 3.12. The number of carbonyl (C=O) groups excluding carboxylic acids is 1. The lowest BCUT2D eigenvalue weighted by atomic mass is 9.78. The third-order valence-electron chi connectivity index (χ3n) is 3.12. The zero-order chi connectivity index (χ0) is 13.2. The number of ketones is 1. The molecule has 1 heterocycles. The van der Waals surface area contributed by atoms with Gasteiger partial charge in [-0.2, -0.15) is 0 Å². The number of halogens is 1. The van der Waals surface area contributed by atoms with E-state index in [2.05, 4.69) is 0 Å².